The molecule has 3 heterocycles. The average molecular weight is 379 g/mol. The molecule has 0 bridgehead atoms. The van der Waals surface area contributed by atoms with Gasteiger partial charge in [0.05, 0.1) is 25.5 Å². The number of hydrogen-bond acceptors (Lipinski definition) is 6. The van der Waals surface area contributed by atoms with Crippen LogP contribution in [0.25, 0.3) is 0 Å². The van der Waals surface area contributed by atoms with Gasteiger partial charge >= 0.3 is 11.8 Å². The maximum absolute atomic E-state index is 12.5. The second kappa shape index (κ2) is 8.49. The molecule has 2 fully saturated rings. The minimum absolute atomic E-state index is 0.0436. The molecule has 148 valence electrons. The van der Waals surface area contributed by atoms with Crippen LogP contribution in [0.3, 0.4) is 0 Å². The van der Waals surface area contributed by atoms with E-state index in [9.17, 15) is 14.4 Å². The summed E-state index contributed by atoms with van der Waals surface area (Å²) in [7, 11) is 3.21. The van der Waals surface area contributed by atoms with Crippen LogP contribution in [-0.2, 0) is 30.9 Å². The minimum Gasteiger partial charge on any atom is -0.381 e. The van der Waals surface area contributed by atoms with E-state index in [4.69, 9.17) is 9.47 Å². The summed E-state index contributed by atoms with van der Waals surface area (Å²) in [6.07, 6.45) is 1.19. The third kappa shape index (κ3) is 4.45. The minimum atomic E-state index is -0.768. The quantitative estimate of drug-likeness (QED) is 0.667. The second-order valence-electron chi connectivity index (χ2n) is 6.67. The number of carbonyl (C=O) groups is 3. The van der Waals surface area contributed by atoms with Gasteiger partial charge in [-0.2, -0.15) is 5.10 Å². The van der Waals surface area contributed by atoms with Crippen LogP contribution >= 0.6 is 0 Å². The summed E-state index contributed by atoms with van der Waals surface area (Å²) in [6.45, 7) is 1.88. The lowest BCUT2D eigenvalue weighted by molar-refractivity contribution is -0.152. The number of likely N-dealkylation sites (N-methyl/N-ethyl adjacent to an activating group) is 1. The van der Waals surface area contributed by atoms with Crippen molar-refractivity contribution in [2.45, 2.75) is 24.9 Å². The van der Waals surface area contributed by atoms with Crippen LogP contribution in [0, 0.1) is 0 Å². The lowest BCUT2D eigenvalue weighted by Gasteiger charge is -2.31. The highest BCUT2D eigenvalue weighted by Crippen LogP contribution is 2.26. The van der Waals surface area contributed by atoms with E-state index >= 15 is 0 Å². The predicted octanol–water partition coefficient (Wildman–Crippen LogP) is -0.774. The van der Waals surface area contributed by atoms with E-state index in [1.165, 1.54) is 11.9 Å². The van der Waals surface area contributed by atoms with Crippen molar-refractivity contribution in [1.29, 1.82) is 0 Å². The SMILES string of the molecule is CNC(=O)C1CN(C(=O)C(=O)Nc2cc(C3CCCOC3)nn2C)CCO1. The molecular formula is C17H25N5O5. The zero-order valence-electron chi connectivity index (χ0n) is 15.6. The first-order valence-corrected chi connectivity index (χ1v) is 9.04. The lowest BCUT2D eigenvalue weighted by atomic mass is 9.99. The maximum atomic E-state index is 12.5. The average Bonchev–Trinajstić information content (AvgIpc) is 3.07. The van der Waals surface area contributed by atoms with Crippen molar-refractivity contribution in [3.05, 3.63) is 11.8 Å². The van der Waals surface area contributed by atoms with Crippen LogP contribution in [0.2, 0.25) is 0 Å². The first kappa shape index (κ1) is 19.3. The van der Waals surface area contributed by atoms with E-state index in [0.29, 0.717) is 12.4 Å². The fourth-order valence-electron chi connectivity index (χ4n) is 3.25. The molecule has 0 saturated carbocycles. The second-order valence-corrected chi connectivity index (χ2v) is 6.67. The van der Waals surface area contributed by atoms with Crippen molar-refractivity contribution in [2.24, 2.45) is 7.05 Å². The van der Waals surface area contributed by atoms with Gasteiger partial charge in [0.25, 0.3) is 5.91 Å². The van der Waals surface area contributed by atoms with Crippen LogP contribution < -0.4 is 10.6 Å². The third-order valence-electron chi connectivity index (χ3n) is 4.81. The number of anilines is 1. The highest BCUT2D eigenvalue weighted by molar-refractivity contribution is 6.39. The number of rotatable bonds is 3. The van der Waals surface area contributed by atoms with E-state index in [0.717, 1.165) is 25.1 Å². The summed E-state index contributed by atoms with van der Waals surface area (Å²) < 4.78 is 12.4. The summed E-state index contributed by atoms with van der Waals surface area (Å²) in [6, 6.07) is 1.77. The molecule has 0 spiro atoms. The van der Waals surface area contributed by atoms with E-state index in [1.54, 1.807) is 17.8 Å². The Balaban J connectivity index is 1.62. The predicted molar refractivity (Wildman–Crippen MR) is 95.0 cm³/mol. The van der Waals surface area contributed by atoms with Gasteiger partial charge in [-0.1, -0.05) is 0 Å². The van der Waals surface area contributed by atoms with Gasteiger partial charge < -0.3 is 25.0 Å². The molecule has 3 amide bonds. The van der Waals surface area contributed by atoms with Gasteiger partial charge in [0, 0.05) is 39.2 Å². The molecular weight excluding hydrogens is 354 g/mol. The fraction of sp³-hybridized carbons (Fsp3) is 0.647. The Hall–Kier alpha value is -2.46. The van der Waals surface area contributed by atoms with Crippen molar-refractivity contribution in [1.82, 2.24) is 20.0 Å². The van der Waals surface area contributed by atoms with Gasteiger partial charge in [-0.05, 0) is 12.8 Å². The number of nitrogens with one attached hydrogen (secondary N) is 2. The van der Waals surface area contributed by atoms with Gasteiger partial charge in [-0.25, -0.2) is 0 Å². The molecule has 2 atom stereocenters. The third-order valence-corrected chi connectivity index (χ3v) is 4.81. The van der Waals surface area contributed by atoms with E-state index in [-0.39, 0.29) is 31.5 Å². The van der Waals surface area contributed by atoms with Crippen LogP contribution in [0.15, 0.2) is 6.07 Å². The van der Waals surface area contributed by atoms with Crippen molar-refractivity contribution in [2.75, 3.05) is 45.3 Å². The van der Waals surface area contributed by atoms with Crippen LogP contribution in [0.5, 0.6) is 0 Å². The zero-order valence-corrected chi connectivity index (χ0v) is 15.6. The number of ether oxygens (including phenoxy) is 2. The van der Waals surface area contributed by atoms with E-state index < -0.39 is 17.9 Å². The van der Waals surface area contributed by atoms with E-state index in [2.05, 4.69) is 15.7 Å². The molecule has 2 saturated heterocycles. The summed E-state index contributed by atoms with van der Waals surface area (Å²) in [4.78, 5) is 37.9. The molecule has 0 aliphatic carbocycles. The largest absolute Gasteiger partial charge is 0.381 e. The van der Waals surface area contributed by atoms with Gasteiger partial charge in [0.1, 0.15) is 5.82 Å². The van der Waals surface area contributed by atoms with Crippen LogP contribution in [-0.4, -0.2) is 78.5 Å². The van der Waals surface area contributed by atoms with Crippen molar-refractivity contribution >= 4 is 23.5 Å². The first-order valence-electron chi connectivity index (χ1n) is 9.04. The number of hydrogen-bond donors (Lipinski definition) is 2. The molecule has 2 unspecified atom stereocenters. The number of aromatic nitrogens is 2. The molecule has 3 rings (SSSR count). The topological polar surface area (TPSA) is 115 Å². The Bertz CT molecular complexity index is 713. The number of amides is 3. The zero-order chi connectivity index (χ0) is 19.4. The Morgan fingerprint density at radius 1 is 1.30 bits per heavy atom. The van der Waals surface area contributed by atoms with Crippen molar-refractivity contribution in [3.63, 3.8) is 0 Å². The monoisotopic (exact) mass is 379 g/mol. The van der Waals surface area contributed by atoms with E-state index in [1.807, 2.05) is 0 Å². The fourth-order valence-corrected chi connectivity index (χ4v) is 3.25. The lowest BCUT2D eigenvalue weighted by Crippen LogP contribution is -2.53. The Labute approximate surface area is 157 Å². The highest BCUT2D eigenvalue weighted by Gasteiger charge is 2.32. The number of carbonyl (C=O) groups excluding carboxylic acids is 3. The summed E-state index contributed by atoms with van der Waals surface area (Å²) in [5.74, 6) is -1.14. The Morgan fingerprint density at radius 3 is 2.81 bits per heavy atom. The normalized spacial score (nSPS) is 23.0. The molecule has 1 aromatic rings. The van der Waals surface area contributed by atoms with Crippen LogP contribution in [0.1, 0.15) is 24.5 Å². The number of aryl methyl sites for hydroxylation is 1. The molecule has 1 aromatic heterocycles. The molecule has 0 radical (unpaired) electrons. The maximum Gasteiger partial charge on any atom is 0.315 e. The molecule has 10 nitrogen and oxygen atoms in total. The van der Waals surface area contributed by atoms with Gasteiger partial charge in [-0.15, -0.1) is 0 Å². The van der Waals surface area contributed by atoms with Crippen molar-refractivity contribution in [3.8, 4) is 0 Å². The Morgan fingerprint density at radius 2 is 2.11 bits per heavy atom. The molecule has 2 N–H and O–H groups in total. The highest BCUT2D eigenvalue weighted by atomic mass is 16.5. The Kier molecular flexibility index (Phi) is 6.07. The first-order chi connectivity index (χ1) is 13.0. The summed E-state index contributed by atoms with van der Waals surface area (Å²) in [5, 5.41) is 9.52. The van der Waals surface area contributed by atoms with Gasteiger partial charge in [0.2, 0.25) is 0 Å². The molecule has 27 heavy (non-hydrogen) atoms. The standard InChI is InChI=1S/C17H25N5O5/c1-18-15(23)13-9-22(5-7-27-13)17(25)16(24)19-14-8-12(20-21(14)2)11-4-3-6-26-10-11/h8,11,13H,3-7,9-10H2,1-2H3,(H,18,23)(H,19,24). The van der Waals surface area contributed by atoms with Crippen LogP contribution in [0.4, 0.5) is 5.82 Å². The number of nitrogens with zero attached hydrogens (tertiary/aromatic N) is 3. The summed E-state index contributed by atoms with van der Waals surface area (Å²) >= 11 is 0. The molecule has 2 aliphatic heterocycles. The number of morpholine rings is 1. The van der Waals surface area contributed by atoms with Gasteiger partial charge in [-0.3, -0.25) is 19.1 Å². The molecule has 0 aromatic carbocycles. The summed E-state index contributed by atoms with van der Waals surface area (Å²) in [5.41, 5.74) is 0.839. The smallest absolute Gasteiger partial charge is 0.315 e. The van der Waals surface area contributed by atoms with Crippen molar-refractivity contribution < 1.29 is 23.9 Å². The molecule has 10 heteroatoms. The van der Waals surface area contributed by atoms with Gasteiger partial charge in [0.15, 0.2) is 6.10 Å². The molecule has 2 aliphatic rings.